The van der Waals surface area contributed by atoms with Crippen molar-refractivity contribution in [2.75, 3.05) is 26.4 Å². The summed E-state index contributed by atoms with van der Waals surface area (Å²) >= 11 is 0. The number of rotatable bonds is 14. The van der Waals surface area contributed by atoms with Crippen molar-refractivity contribution in [2.24, 2.45) is 50.2 Å². The summed E-state index contributed by atoms with van der Waals surface area (Å²) in [6.07, 6.45) is -33.5. The number of esters is 1. The Morgan fingerprint density at radius 1 is 0.642 bits per heavy atom. The number of allylic oxidation sites excluding steroid dienone is 2. The van der Waals surface area contributed by atoms with Crippen molar-refractivity contribution in [3.05, 3.63) is 11.6 Å². The average molecular weight is 1160 g/mol. The fraction of sp³-hybridized carbons (Fsp3) is 0.909. The fourth-order valence-electron chi connectivity index (χ4n) is 16.8. The van der Waals surface area contributed by atoms with E-state index >= 15 is 0 Å². The molecule has 0 aromatic rings. The normalized spacial score (nSPS) is 53.4. The van der Waals surface area contributed by atoms with Gasteiger partial charge in [-0.05, 0) is 90.8 Å². The van der Waals surface area contributed by atoms with Crippen molar-refractivity contribution in [3.63, 3.8) is 0 Å². The van der Waals surface area contributed by atoms with Gasteiger partial charge in [-0.15, -0.1) is 0 Å². The molecule has 0 aromatic heterocycles. The first kappa shape index (κ1) is 63.0. The minimum atomic E-state index is -2.29. The zero-order valence-corrected chi connectivity index (χ0v) is 46.7. The smallest absolute Gasteiger partial charge is 0.335 e. The Kier molecular flexibility index (Phi) is 17.9. The standard InChI is InChI=1S/C55H86O26/c1-22(60)74-32-16-54(7)23(24-14-50(2,3)15-30(62)55(24,32)21-59)8-9-29-51(4)12-11-31(52(5,20-58)28(51)10-13-53(29,54)6)77-49-44(81-47-39(69)37(67)35(65)27(18-57)76-47)41(40(70)42(79-49)45(71)72)78-48-43(33(63)25(61)19-73-48)80-46-38(68)36(66)34(64)26(17-56)75-46/h8,20,24-44,46-49,56-57,59,61-70H,9-19,21H2,1-7H3,(H,71,72)/t24-,25-,26+,27+,28+,29+,30-,31-,32+,33-,34+,35-,36-,37-,38+,39+,40-,41-,42-,43+,44+,46-,47-,48-,49+,51-,52-,53+,54+,55+/m0/s1. The summed E-state index contributed by atoms with van der Waals surface area (Å²) < 4.78 is 54.4. The molecule has 9 aliphatic rings. The van der Waals surface area contributed by atoms with Gasteiger partial charge in [0.2, 0.25) is 0 Å². The summed E-state index contributed by atoms with van der Waals surface area (Å²) in [5, 5.41) is 153. The molecule has 81 heavy (non-hydrogen) atoms. The monoisotopic (exact) mass is 1160 g/mol. The Balaban J connectivity index is 1.06. The Bertz CT molecular complexity index is 2300. The van der Waals surface area contributed by atoms with Crippen LogP contribution >= 0.6 is 0 Å². The maximum Gasteiger partial charge on any atom is 0.335 e. The van der Waals surface area contributed by atoms with E-state index in [9.17, 15) is 85.9 Å². The summed E-state index contributed by atoms with van der Waals surface area (Å²) in [5.74, 6) is -3.13. The molecule has 26 nitrogen and oxygen atoms in total. The second kappa shape index (κ2) is 23.0. The molecule has 462 valence electrons. The highest BCUT2D eigenvalue weighted by atomic mass is 16.8. The molecule has 14 N–H and O–H groups in total. The Morgan fingerprint density at radius 2 is 1.23 bits per heavy atom. The van der Waals surface area contributed by atoms with E-state index in [4.69, 9.17) is 42.6 Å². The van der Waals surface area contributed by atoms with Gasteiger partial charge in [0.15, 0.2) is 31.3 Å². The predicted molar refractivity (Wildman–Crippen MR) is 270 cm³/mol. The number of aliphatic carboxylic acids is 1. The van der Waals surface area contributed by atoms with Crippen LogP contribution in [0.1, 0.15) is 99.8 Å². The van der Waals surface area contributed by atoms with Crippen LogP contribution in [0.5, 0.6) is 0 Å². The molecule has 0 unspecified atom stereocenters. The highest BCUT2D eigenvalue weighted by Gasteiger charge is 2.73. The zero-order valence-electron chi connectivity index (χ0n) is 46.7. The number of hydrogen-bond donors (Lipinski definition) is 14. The molecule has 8 fully saturated rings. The number of carbonyl (C=O) groups excluding carboxylic acids is 2. The van der Waals surface area contributed by atoms with E-state index in [1.54, 1.807) is 6.92 Å². The van der Waals surface area contributed by atoms with Crippen molar-refractivity contribution in [1.29, 1.82) is 0 Å². The van der Waals surface area contributed by atoms with Gasteiger partial charge >= 0.3 is 11.9 Å². The van der Waals surface area contributed by atoms with E-state index in [1.807, 2.05) is 0 Å². The summed E-state index contributed by atoms with van der Waals surface area (Å²) in [6.45, 7) is 11.0. The number of aliphatic hydroxyl groups is 13. The van der Waals surface area contributed by atoms with Crippen molar-refractivity contribution >= 4 is 18.2 Å². The van der Waals surface area contributed by atoms with Gasteiger partial charge in [0, 0.05) is 6.92 Å². The van der Waals surface area contributed by atoms with Crippen LogP contribution in [0.4, 0.5) is 0 Å². The number of carboxylic acids is 1. The molecule has 9 rings (SSSR count). The molecular formula is C55H86O26. The third-order valence-corrected chi connectivity index (χ3v) is 21.4. The molecule has 0 aromatic carbocycles. The topological polar surface area (TPSA) is 418 Å². The van der Waals surface area contributed by atoms with Crippen molar-refractivity contribution < 1.29 is 129 Å². The number of ether oxygens (including phenoxy) is 9. The van der Waals surface area contributed by atoms with Crippen molar-refractivity contribution in [3.8, 4) is 0 Å². The largest absolute Gasteiger partial charge is 0.479 e. The number of carboxylic acid groups (broad SMARTS) is 1. The quantitative estimate of drug-likeness (QED) is 0.0354. The lowest BCUT2D eigenvalue weighted by atomic mass is 9.33. The Hall–Kier alpha value is -2.49. The molecule has 0 spiro atoms. The molecule has 0 radical (unpaired) electrons. The van der Waals surface area contributed by atoms with Gasteiger partial charge in [-0.3, -0.25) is 4.79 Å². The van der Waals surface area contributed by atoms with Crippen LogP contribution in [-0.4, -0.2) is 251 Å². The van der Waals surface area contributed by atoms with Gasteiger partial charge in [0.25, 0.3) is 0 Å². The van der Waals surface area contributed by atoms with E-state index in [-0.39, 0.29) is 30.3 Å². The maximum atomic E-state index is 14.1. The van der Waals surface area contributed by atoms with Crippen LogP contribution in [-0.2, 0) is 57.0 Å². The molecular weight excluding hydrogens is 1080 g/mol. The molecule has 0 bridgehead atoms. The van der Waals surface area contributed by atoms with Gasteiger partial charge in [-0.25, -0.2) is 4.79 Å². The highest BCUT2D eigenvalue weighted by molar-refractivity contribution is 5.73. The summed E-state index contributed by atoms with van der Waals surface area (Å²) in [7, 11) is 0. The number of aldehydes is 1. The van der Waals surface area contributed by atoms with Crippen LogP contribution in [0.3, 0.4) is 0 Å². The van der Waals surface area contributed by atoms with Crippen LogP contribution in [0.15, 0.2) is 11.6 Å². The lowest BCUT2D eigenvalue weighted by molar-refractivity contribution is -0.400. The molecule has 4 saturated carbocycles. The molecule has 4 heterocycles. The van der Waals surface area contributed by atoms with Gasteiger partial charge in [-0.1, -0.05) is 53.2 Å². The van der Waals surface area contributed by atoms with Crippen LogP contribution in [0, 0.1) is 50.2 Å². The van der Waals surface area contributed by atoms with Gasteiger partial charge in [0.05, 0.1) is 49.5 Å². The van der Waals surface area contributed by atoms with Crippen molar-refractivity contribution in [2.45, 2.75) is 235 Å². The minimum absolute atomic E-state index is 0.0983. The summed E-state index contributed by atoms with van der Waals surface area (Å²) in [4.78, 5) is 40.2. The first-order chi connectivity index (χ1) is 37.9. The number of fused-ring (bicyclic) bond motifs is 7. The van der Waals surface area contributed by atoms with E-state index in [1.165, 1.54) is 6.92 Å². The highest BCUT2D eigenvalue weighted by Crippen LogP contribution is 2.76. The second-order valence-electron chi connectivity index (χ2n) is 26.4. The van der Waals surface area contributed by atoms with Gasteiger partial charge < -0.3 is 119 Å². The maximum absolute atomic E-state index is 14.1. The third-order valence-electron chi connectivity index (χ3n) is 21.4. The van der Waals surface area contributed by atoms with Crippen LogP contribution in [0.25, 0.3) is 0 Å². The van der Waals surface area contributed by atoms with Gasteiger partial charge in [-0.2, -0.15) is 0 Å². The molecule has 4 saturated heterocycles. The van der Waals surface area contributed by atoms with Crippen LogP contribution < -0.4 is 0 Å². The van der Waals surface area contributed by atoms with Crippen LogP contribution in [0.2, 0.25) is 0 Å². The number of aliphatic hydroxyl groups excluding tert-OH is 13. The minimum Gasteiger partial charge on any atom is -0.479 e. The average Bonchev–Trinajstić information content (AvgIpc) is 3.28. The molecule has 4 aliphatic heterocycles. The molecule has 26 heteroatoms. The van der Waals surface area contributed by atoms with E-state index < -0.39 is 200 Å². The van der Waals surface area contributed by atoms with Gasteiger partial charge in [0.1, 0.15) is 97.8 Å². The van der Waals surface area contributed by atoms with Crippen molar-refractivity contribution in [1.82, 2.24) is 0 Å². The molecule has 0 amide bonds. The first-order valence-corrected chi connectivity index (χ1v) is 28.3. The van der Waals surface area contributed by atoms with E-state index in [2.05, 4.69) is 40.7 Å². The number of carbonyl (C=O) groups is 3. The predicted octanol–water partition coefficient (Wildman–Crippen LogP) is -3.14. The lowest BCUT2D eigenvalue weighted by Crippen LogP contribution is -2.70. The van der Waals surface area contributed by atoms with E-state index in [0.29, 0.717) is 44.9 Å². The fourth-order valence-corrected chi connectivity index (χ4v) is 16.8. The number of hydrogen-bond acceptors (Lipinski definition) is 25. The first-order valence-electron chi connectivity index (χ1n) is 28.3. The Morgan fingerprint density at radius 3 is 1.79 bits per heavy atom. The second-order valence-corrected chi connectivity index (χ2v) is 26.4. The third kappa shape index (κ3) is 10.3. The lowest BCUT2D eigenvalue weighted by Gasteiger charge is -2.72. The zero-order chi connectivity index (χ0) is 59.4. The SMILES string of the molecule is CC(=O)O[C@@H]1C[C@]2(C)C(=CC[C@@H]3[C@@]4(C)CC[C@H](O[C@@H]5O[C@H](C(=O)O)[C@@H](O)[C@H](O[C@@H]6OC[C@H](O)[C@H](O)[C@H]6O[C@@H]6O[C@H](CO)[C@@H](O)[C@H](O)[C@H]6O)[C@H]5O[C@@H]5O[C@H](CO)[C@H](O)[C@H](O)[C@H]5O)[C@@](C)(C=O)[C@@H]4CC[C@]32C)[C@@H]2CC(C)(C)C[C@H](O)[C@]12CO. The summed E-state index contributed by atoms with van der Waals surface area (Å²) in [5.41, 5.74) is -3.44. The Labute approximate surface area is 468 Å². The molecule has 5 aliphatic carbocycles. The van der Waals surface area contributed by atoms with E-state index in [0.717, 1.165) is 11.9 Å². The molecule has 30 atom stereocenters. The summed E-state index contributed by atoms with van der Waals surface area (Å²) in [6, 6.07) is 0.